The molecule has 0 aromatic heterocycles. The third-order valence-corrected chi connectivity index (χ3v) is 3.22. The predicted molar refractivity (Wildman–Crippen MR) is 81.5 cm³/mol. The van der Waals surface area contributed by atoms with Crippen LogP contribution in [0.4, 0.5) is 9.18 Å². The number of carbonyl (C=O) groups is 1. The molecule has 0 aliphatic carbocycles. The highest BCUT2D eigenvalue weighted by Crippen LogP contribution is 2.09. The number of benzene rings is 2. The molecule has 0 aliphatic heterocycles. The van der Waals surface area contributed by atoms with E-state index in [1.807, 2.05) is 30.3 Å². The van der Waals surface area contributed by atoms with E-state index in [9.17, 15) is 9.18 Å². The third-order valence-electron chi connectivity index (χ3n) is 3.22. The van der Waals surface area contributed by atoms with Crippen LogP contribution in [0.3, 0.4) is 0 Å². The van der Waals surface area contributed by atoms with E-state index in [0.29, 0.717) is 25.1 Å². The molecule has 0 atom stereocenters. The van der Waals surface area contributed by atoms with Gasteiger partial charge in [0.15, 0.2) is 0 Å². The van der Waals surface area contributed by atoms with Gasteiger partial charge in [-0.05, 0) is 36.1 Å². The van der Waals surface area contributed by atoms with Gasteiger partial charge >= 0.3 is 6.03 Å². The summed E-state index contributed by atoms with van der Waals surface area (Å²) in [5.74, 6) is -0.202. The van der Waals surface area contributed by atoms with E-state index in [1.54, 1.807) is 19.1 Å². The monoisotopic (exact) mass is 286 g/mol. The summed E-state index contributed by atoms with van der Waals surface area (Å²) in [5, 5.41) is 5.59. The van der Waals surface area contributed by atoms with Crippen molar-refractivity contribution >= 4 is 6.03 Å². The smallest absolute Gasteiger partial charge is 0.315 e. The Balaban J connectivity index is 1.70. The van der Waals surface area contributed by atoms with Gasteiger partial charge in [-0.15, -0.1) is 0 Å². The zero-order chi connectivity index (χ0) is 15.1. The van der Waals surface area contributed by atoms with Gasteiger partial charge in [0.05, 0.1) is 0 Å². The Hall–Kier alpha value is -2.36. The normalized spacial score (nSPS) is 10.2. The minimum absolute atomic E-state index is 0.197. The zero-order valence-corrected chi connectivity index (χ0v) is 12.0. The van der Waals surface area contributed by atoms with Gasteiger partial charge in [0, 0.05) is 13.1 Å². The number of hydrogen-bond acceptors (Lipinski definition) is 1. The molecule has 0 saturated heterocycles. The molecule has 0 spiro atoms. The number of urea groups is 1. The molecule has 0 unspecified atom stereocenters. The van der Waals surface area contributed by atoms with Crippen LogP contribution in [0.25, 0.3) is 0 Å². The molecule has 4 heteroatoms. The maximum absolute atomic E-state index is 13.1. The second kappa shape index (κ2) is 7.43. The number of hydrogen-bond donors (Lipinski definition) is 2. The van der Waals surface area contributed by atoms with Gasteiger partial charge in [-0.2, -0.15) is 0 Å². The molecule has 2 aromatic carbocycles. The lowest BCUT2D eigenvalue weighted by Crippen LogP contribution is -2.36. The van der Waals surface area contributed by atoms with Gasteiger partial charge in [-0.3, -0.25) is 0 Å². The van der Waals surface area contributed by atoms with Crippen LogP contribution in [0.5, 0.6) is 0 Å². The number of amides is 2. The Bertz CT molecular complexity index is 599. The van der Waals surface area contributed by atoms with Crippen molar-refractivity contribution in [3.63, 3.8) is 0 Å². The van der Waals surface area contributed by atoms with Crippen LogP contribution < -0.4 is 10.6 Å². The quantitative estimate of drug-likeness (QED) is 0.871. The molecule has 0 heterocycles. The second-order valence-electron chi connectivity index (χ2n) is 4.93. The van der Waals surface area contributed by atoms with Crippen LogP contribution in [0.15, 0.2) is 48.5 Å². The van der Waals surface area contributed by atoms with Crippen molar-refractivity contribution in [2.24, 2.45) is 0 Å². The summed E-state index contributed by atoms with van der Waals surface area (Å²) in [7, 11) is 0. The van der Waals surface area contributed by atoms with E-state index in [1.165, 1.54) is 6.07 Å². The van der Waals surface area contributed by atoms with Crippen LogP contribution in [-0.4, -0.2) is 12.6 Å². The van der Waals surface area contributed by atoms with Crippen molar-refractivity contribution < 1.29 is 9.18 Å². The van der Waals surface area contributed by atoms with Crippen LogP contribution in [0, 0.1) is 12.7 Å². The minimum atomic E-state index is -0.202. The Morgan fingerprint density at radius 3 is 2.52 bits per heavy atom. The van der Waals surface area contributed by atoms with Crippen LogP contribution >= 0.6 is 0 Å². The van der Waals surface area contributed by atoms with Crippen molar-refractivity contribution in [2.45, 2.75) is 19.9 Å². The first kappa shape index (κ1) is 15.0. The molecule has 2 aromatic rings. The lowest BCUT2D eigenvalue weighted by atomic mass is 10.1. The molecule has 2 rings (SSSR count). The first-order chi connectivity index (χ1) is 10.1. The first-order valence-corrected chi connectivity index (χ1v) is 6.96. The minimum Gasteiger partial charge on any atom is -0.338 e. The maximum Gasteiger partial charge on any atom is 0.315 e. The maximum atomic E-state index is 13.1. The fraction of sp³-hybridized carbons (Fsp3) is 0.235. The molecular weight excluding hydrogens is 267 g/mol. The number of aryl methyl sites for hydroxylation is 1. The summed E-state index contributed by atoms with van der Waals surface area (Å²) in [6.45, 7) is 2.76. The van der Waals surface area contributed by atoms with Crippen molar-refractivity contribution in [3.8, 4) is 0 Å². The molecule has 110 valence electrons. The van der Waals surface area contributed by atoms with Crippen molar-refractivity contribution in [2.75, 3.05) is 6.54 Å². The standard InChI is InChI=1S/C17H19FN2O/c1-13-11-14(7-8-16(13)18)9-10-19-17(21)20-12-15-5-3-2-4-6-15/h2-8,11H,9-10,12H2,1H3,(H2,19,20,21). The molecule has 0 saturated carbocycles. The van der Waals surface area contributed by atoms with Crippen LogP contribution in [-0.2, 0) is 13.0 Å². The largest absolute Gasteiger partial charge is 0.338 e. The summed E-state index contributed by atoms with van der Waals surface area (Å²) in [6, 6.07) is 14.5. The van der Waals surface area contributed by atoms with Gasteiger partial charge in [-0.1, -0.05) is 42.5 Å². The van der Waals surface area contributed by atoms with Crippen molar-refractivity contribution in [3.05, 3.63) is 71.0 Å². The van der Waals surface area contributed by atoms with E-state index in [-0.39, 0.29) is 11.8 Å². The summed E-state index contributed by atoms with van der Waals surface area (Å²) in [4.78, 5) is 11.6. The summed E-state index contributed by atoms with van der Waals surface area (Å²) < 4.78 is 13.1. The summed E-state index contributed by atoms with van der Waals surface area (Å²) in [5.41, 5.74) is 2.69. The Kier molecular flexibility index (Phi) is 5.32. The molecule has 0 bridgehead atoms. The van der Waals surface area contributed by atoms with E-state index in [0.717, 1.165) is 11.1 Å². The number of nitrogens with one attached hydrogen (secondary N) is 2. The highest BCUT2D eigenvalue weighted by atomic mass is 19.1. The van der Waals surface area contributed by atoms with Crippen LogP contribution in [0.2, 0.25) is 0 Å². The second-order valence-corrected chi connectivity index (χ2v) is 4.93. The number of rotatable bonds is 5. The molecule has 2 N–H and O–H groups in total. The summed E-state index contributed by atoms with van der Waals surface area (Å²) in [6.07, 6.45) is 0.680. The van der Waals surface area contributed by atoms with E-state index in [4.69, 9.17) is 0 Å². The van der Waals surface area contributed by atoms with Gasteiger partial charge in [0.1, 0.15) is 5.82 Å². The molecule has 3 nitrogen and oxygen atoms in total. The van der Waals surface area contributed by atoms with Gasteiger partial charge in [0.25, 0.3) is 0 Å². The molecule has 0 fully saturated rings. The fourth-order valence-corrected chi connectivity index (χ4v) is 2.02. The Morgan fingerprint density at radius 2 is 1.81 bits per heavy atom. The summed E-state index contributed by atoms with van der Waals surface area (Å²) >= 11 is 0. The van der Waals surface area contributed by atoms with Gasteiger partial charge in [-0.25, -0.2) is 9.18 Å². The van der Waals surface area contributed by atoms with Crippen molar-refractivity contribution in [1.29, 1.82) is 0 Å². The van der Waals surface area contributed by atoms with Crippen LogP contribution in [0.1, 0.15) is 16.7 Å². The van der Waals surface area contributed by atoms with Gasteiger partial charge in [0.2, 0.25) is 0 Å². The predicted octanol–water partition coefficient (Wildman–Crippen LogP) is 3.18. The topological polar surface area (TPSA) is 41.1 Å². The first-order valence-electron chi connectivity index (χ1n) is 6.96. The highest BCUT2D eigenvalue weighted by Gasteiger charge is 2.02. The molecule has 0 aliphatic rings. The fourth-order valence-electron chi connectivity index (χ4n) is 2.02. The van der Waals surface area contributed by atoms with E-state index < -0.39 is 0 Å². The van der Waals surface area contributed by atoms with E-state index >= 15 is 0 Å². The third kappa shape index (κ3) is 4.91. The van der Waals surface area contributed by atoms with Gasteiger partial charge < -0.3 is 10.6 Å². The molecule has 0 radical (unpaired) electrons. The van der Waals surface area contributed by atoms with E-state index in [2.05, 4.69) is 10.6 Å². The molecule has 2 amide bonds. The SMILES string of the molecule is Cc1cc(CCNC(=O)NCc2ccccc2)ccc1F. The zero-order valence-electron chi connectivity index (χ0n) is 12.0. The Morgan fingerprint density at radius 1 is 1.05 bits per heavy atom. The Labute approximate surface area is 124 Å². The lowest BCUT2D eigenvalue weighted by molar-refractivity contribution is 0.240. The average molecular weight is 286 g/mol. The molecular formula is C17H19FN2O. The molecule has 21 heavy (non-hydrogen) atoms. The highest BCUT2D eigenvalue weighted by molar-refractivity contribution is 5.73. The average Bonchev–Trinajstić information content (AvgIpc) is 2.50. The number of carbonyl (C=O) groups excluding carboxylic acids is 1. The lowest BCUT2D eigenvalue weighted by Gasteiger charge is -2.08. The van der Waals surface area contributed by atoms with Crippen molar-refractivity contribution in [1.82, 2.24) is 10.6 Å². The number of halogens is 1.